The molecule has 0 aromatic rings. The first-order chi connectivity index (χ1) is 5.06. The molecule has 0 saturated carbocycles. The molecule has 0 fully saturated rings. The van der Waals surface area contributed by atoms with Crippen molar-refractivity contribution in [3.8, 4) is 0 Å². The van der Waals surface area contributed by atoms with Crippen LogP contribution in [0.5, 0.6) is 0 Å². The maximum absolute atomic E-state index is 10.2. The fourth-order valence-electron chi connectivity index (χ4n) is 0.691. The summed E-state index contributed by atoms with van der Waals surface area (Å²) in [5.74, 6) is -0.575. The summed E-state index contributed by atoms with van der Waals surface area (Å²) in [6, 6.07) is 0. The van der Waals surface area contributed by atoms with E-state index in [0.717, 1.165) is 0 Å². The van der Waals surface area contributed by atoms with E-state index in [0.29, 0.717) is 0 Å². The molecule has 0 aromatic carbocycles. The lowest BCUT2D eigenvalue weighted by atomic mass is 10.1. The van der Waals surface area contributed by atoms with Crippen LogP contribution in [0, 0.1) is 0 Å². The normalized spacial score (nSPS) is 15.5. The van der Waals surface area contributed by atoms with Crippen molar-refractivity contribution in [3.63, 3.8) is 0 Å². The number of hydrogen-bond acceptors (Lipinski definition) is 3. The van der Waals surface area contributed by atoms with Gasteiger partial charge in [0.25, 0.3) is 0 Å². The predicted molar refractivity (Wildman–Crippen MR) is 40.6 cm³/mol. The second kappa shape index (κ2) is 4.87. The molecule has 64 valence electrons. The largest absolute Gasteiger partial charge is 0.392 e. The first-order valence-corrected chi connectivity index (χ1v) is 3.33. The average molecular weight is 159 g/mol. The van der Waals surface area contributed by atoms with Gasteiger partial charge < -0.3 is 15.9 Å². The van der Waals surface area contributed by atoms with E-state index in [1.165, 1.54) is 6.08 Å². The van der Waals surface area contributed by atoms with E-state index in [-0.39, 0.29) is 12.8 Å². The molecular weight excluding hydrogens is 146 g/mol. The minimum absolute atomic E-state index is 0.104. The summed E-state index contributed by atoms with van der Waals surface area (Å²) in [5, 5.41) is 17.9. The van der Waals surface area contributed by atoms with Gasteiger partial charge in [0.1, 0.15) is 0 Å². The number of aliphatic hydroxyl groups is 2. The van der Waals surface area contributed by atoms with Crippen molar-refractivity contribution in [3.05, 3.63) is 12.7 Å². The zero-order valence-electron chi connectivity index (χ0n) is 6.23. The fraction of sp³-hybridized carbons (Fsp3) is 0.571. The van der Waals surface area contributed by atoms with Gasteiger partial charge in [0.15, 0.2) is 0 Å². The smallest absolute Gasteiger partial charge is 0.220 e. The second-order valence-electron chi connectivity index (χ2n) is 2.36. The molecule has 2 atom stereocenters. The number of primary amides is 1. The molecule has 4 nitrogen and oxygen atoms in total. The Bertz CT molecular complexity index is 147. The van der Waals surface area contributed by atoms with Crippen LogP contribution in [0.2, 0.25) is 0 Å². The molecule has 0 heterocycles. The zero-order valence-corrected chi connectivity index (χ0v) is 6.23. The van der Waals surface area contributed by atoms with Gasteiger partial charge in [-0.15, -0.1) is 6.58 Å². The van der Waals surface area contributed by atoms with Gasteiger partial charge in [0.2, 0.25) is 5.91 Å². The molecule has 1 amide bonds. The van der Waals surface area contributed by atoms with Gasteiger partial charge >= 0.3 is 0 Å². The molecule has 0 aliphatic carbocycles. The topological polar surface area (TPSA) is 83.6 Å². The molecule has 0 aromatic heterocycles. The molecule has 0 spiro atoms. The van der Waals surface area contributed by atoms with Crippen LogP contribution >= 0.6 is 0 Å². The van der Waals surface area contributed by atoms with Crippen molar-refractivity contribution in [1.29, 1.82) is 0 Å². The van der Waals surface area contributed by atoms with Gasteiger partial charge in [-0.05, 0) is 0 Å². The third kappa shape index (κ3) is 5.57. The van der Waals surface area contributed by atoms with Gasteiger partial charge in [-0.25, -0.2) is 0 Å². The molecular formula is C7H13NO3. The first kappa shape index (κ1) is 10.1. The predicted octanol–water partition coefficient (Wildman–Crippen LogP) is -0.840. The van der Waals surface area contributed by atoms with Crippen molar-refractivity contribution < 1.29 is 15.0 Å². The van der Waals surface area contributed by atoms with Crippen molar-refractivity contribution in [2.45, 2.75) is 25.0 Å². The van der Waals surface area contributed by atoms with E-state index >= 15 is 0 Å². The third-order valence-electron chi connectivity index (χ3n) is 1.22. The second-order valence-corrected chi connectivity index (χ2v) is 2.36. The van der Waals surface area contributed by atoms with Crippen LogP contribution in [0.4, 0.5) is 0 Å². The van der Waals surface area contributed by atoms with E-state index < -0.39 is 18.1 Å². The number of carbonyl (C=O) groups excluding carboxylic acids is 1. The van der Waals surface area contributed by atoms with E-state index in [4.69, 9.17) is 15.9 Å². The first-order valence-electron chi connectivity index (χ1n) is 3.33. The van der Waals surface area contributed by atoms with Crippen molar-refractivity contribution in [1.82, 2.24) is 0 Å². The van der Waals surface area contributed by atoms with E-state index in [1.807, 2.05) is 0 Å². The summed E-state index contributed by atoms with van der Waals surface area (Å²) in [6.07, 6.45) is -0.369. The van der Waals surface area contributed by atoms with E-state index in [9.17, 15) is 4.79 Å². The molecule has 0 bridgehead atoms. The summed E-state index contributed by atoms with van der Waals surface area (Å²) in [4.78, 5) is 10.2. The minimum atomic E-state index is -0.875. The Balaban J connectivity index is 3.59. The lowest BCUT2D eigenvalue weighted by molar-refractivity contribution is -0.120. The third-order valence-corrected chi connectivity index (χ3v) is 1.22. The Morgan fingerprint density at radius 2 is 2.18 bits per heavy atom. The van der Waals surface area contributed by atoms with E-state index in [1.54, 1.807) is 0 Å². The number of hydrogen-bond donors (Lipinski definition) is 3. The van der Waals surface area contributed by atoms with Gasteiger partial charge in [-0.1, -0.05) is 6.08 Å². The van der Waals surface area contributed by atoms with Crippen LogP contribution in [0.15, 0.2) is 12.7 Å². The molecule has 0 aliphatic rings. The van der Waals surface area contributed by atoms with Crippen LogP contribution in [0.3, 0.4) is 0 Å². The average Bonchev–Trinajstić information content (AvgIpc) is 1.85. The summed E-state index contributed by atoms with van der Waals surface area (Å²) in [7, 11) is 0. The summed E-state index contributed by atoms with van der Waals surface area (Å²) in [6.45, 7) is 3.32. The maximum atomic E-state index is 10.2. The van der Waals surface area contributed by atoms with Gasteiger partial charge in [-0.2, -0.15) is 0 Å². The molecule has 0 aliphatic heterocycles. The minimum Gasteiger partial charge on any atom is -0.392 e. The Kier molecular flexibility index (Phi) is 4.49. The molecule has 0 saturated heterocycles. The lowest BCUT2D eigenvalue weighted by Crippen LogP contribution is -2.23. The van der Waals surface area contributed by atoms with Gasteiger partial charge in [-0.3, -0.25) is 4.79 Å². The highest BCUT2D eigenvalue weighted by Crippen LogP contribution is 2.02. The molecule has 0 rings (SSSR count). The highest BCUT2D eigenvalue weighted by molar-refractivity contribution is 5.74. The van der Waals surface area contributed by atoms with Gasteiger partial charge in [0, 0.05) is 6.42 Å². The van der Waals surface area contributed by atoms with Crippen LogP contribution in [-0.4, -0.2) is 28.3 Å². The standard InChI is InChI=1S/C7H13NO3/c1-2-5(9)3-6(10)4-7(8)11/h2,5-6,9-10H,1,3-4H2,(H2,8,11). The molecule has 0 radical (unpaired) electrons. The number of aliphatic hydroxyl groups excluding tert-OH is 2. The highest BCUT2D eigenvalue weighted by atomic mass is 16.3. The van der Waals surface area contributed by atoms with Crippen molar-refractivity contribution in [2.75, 3.05) is 0 Å². The molecule has 2 unspecified atom stereocenters. The molecule has 4 heteroatoms. The van der Waals surface area contributed by atoms with Crippen LogP contribution in [-0.2, 0) is 4.79 Å². The summed E-state index contributed by atoms with van der Waals surface area (Å²) < 4.78 is 0. The Morgan fingerprint density at radius 1 is 1.64 bits per heavy atom. The monoisotopic (exact) mass is 159 g/mol. The number of amides is 1. The lowest BCUT2D eigenvalue weighted by Gasteiger charge is -2.09. The van der Waals surface area contributed by atoms with Crippen LogP contribution in [0.25, 0.3) is 0 Å². The van der Waals surface area contributed by atoms with Crippen molar-refractivity contribution >= 4 is 5.91 Å². The number of nitrogens with two attached hydrogens (primary N) is 1. The fourth-order valence-corrected chi connectivity index (χ4v) is 0.691. The van der Waals surface area contributed by atoms with Gasteiger partial charge in [0.05, 0.1) is 18.6 Å². The Hall–Kier alpha value is -0.870. The number of carbonyl (C=O) groups is 1. The van der Waals surface area contributed by atoms with E-state index in [2.05, 4.69) is 6.58 Å². The Morgan fingerprint density at radius 3 is 2.55 bits per heavy atom. The van der Waals surface area contributed by atoms with Crippen LogP contribution in [0.1, 0.15) is 12.8 Å². The zero-order chi connectivity index (χ0) is 8.85. The molecule has 4 N–H and O–H groups in total. The molecule has 11 heavy (non-hydrogen) atoms. The highest BCUT2D eigenvalue weighted by Gasteiger charge is 2.11. The number of rotatable bonds is 5. The van der Waals surface area contributed by atoms with Crippen LogP contribution < -0.4 is 5.73 Å². The SMILES string of the molecule is C=CC(O)CC(O)CC(N)=O. The Labute approximate surface area is 65.3 Å². The van der Waals surface area contributed by atoms with Crippen molar-refractivity contribution in [2.24, 2.45) is 5.73 Å². The quantitative estimate of drug-likeness (QED) is 0.457. The summed E-state index contributed by atoms with van der Waals surface area (Å²) >= 11 is 0. The maximum Gasteiger partial charge on any atom is 0.220 e. The summed E-state index contributed by atoms with van der Waals surface area (Å²) in [5.41, 5.74) is 4.80.